The quantitative estimate of drug-likeness (QED) is 0.567. The molecule has 0 spiro atoms. The minimum absolute atomic E-state index is 0.764. The molecular formula is C14H28. The van der Waals surface area contributed by atoms with E-state index in [1.807, 2.05) is 0 Å². The highest BCUT2D eigenvalue weighted by atomic mass is 14.5. The molecule has 0 heterocycles. The van der Waals surface area contributed by atoms with Gasteiger partial charge in [-0.2, -0.15) is 0 Å². The minimum atomic E-state index is 0.764. The van der Waals surface area contributed by atoms with Crippen LogP contribution in [0.25, 0.3) is 0 Å². The average molecular weight is 196 g/mol. The molecule has 0 N–H and O–H groups in total. The van der Waals surface area contributed by atoms with Gasteiger partial charge in [0, 0.05) is 0 Å². The van der Waals surface area contributed by atoms with Crippen LogP contribution in [0.2, 0.25) is 0 Å². The molecule has 0 aromatic carbocycles. The first-order chi connectivity index (χ1) is 6.57. The summed E-state index contributed by atoms with van der Waals surface area (Å²) in [5.41, 5.74) is 0.764. The van der Waals surface area contributed by atoms with E-state index >= 15 is 0 Å². The Labute approximate surface area is 90.5 Å². The maximum Gasteiger partial charge on any atom is -0.0269 e. The molecule has 2 unspecified atom stereocenters. The lowest BCUT2D eigenvalue weighted by molar-refractivity contribution is 0.162. The van der Waals surface area contributed by atoms with Gasteiger partial charge in [-0.05, 0) is 42.4 Å². The first kappa shape index (κ1) is 12.1. The van der Waals surface area contributed by atoms with Crippen molar-refractivity contribution < 1.29 is 0 Å². The first-order valence-corrected chi connectivity index (χ1v) is 6.57. The van der Waals surface area contributed by atoms with Crippen molar-refractivity contribution in [3.8, 4) is 0 Å². The fourth-order valence-electron chi connectivity index (χ4n) is 3.45. The highest BCUT2D eigenvalue weighted by Gasteiger charge is 2.48. The molecule has 0 heteroatoms. The van der Waals surface area contributed by atoms with Gasteiger partial charge < -0.3 is 0 Å². The van der Waals surface area contributed by atoms with Crippen molar-refractivity contribution in [3.63, 3.8) is 0 Å². The lowest BCUT2D eigenvalue weighted by Gasteiger charge is -2.33. The van der Waals surface area contributed by atoms with Crippen molar-refractivity contribution in [2.75, 3.05) is 0 Å². The molecule has 0 aromatic heterocycles. The lowest BCUT2D eigenvalue weighted by atomic mass is 9.72. The largest absolute Gasteiger partial charge is 0.0654 e. The number of rotatable bonds is 6. The Balaban J connectivity index is 2.58. The summed E-state index contributed by atoms with van der Waals surface area (Å²) < 4.78 is 0. The van der Waals surface area contributed by atoms with Gasteiger partial charge in [-0.25, -0.2) is 0 Å². The Morgan fingerprint density at radius 2 is 1.64 bits per heavy atom. The molecule has 1 aliphatic rings. The van der Waals surface area contributed by atoms with E-state index in [0.717, 1.165) is 23.2 Å². The van der Waals surface area contributed by atoms with Crippen molar-refractivity contribution >= 4 is 0 Å². The van der Waals surface area contributed by atoms with Gasteiger partial charge in [-0.15, -0.1) is 0 Å². The van der Waals surface area contributed by atoms with Crippen LogP contribution in [0.4, 0.5) is 0 Å². The van der Waals surface area contributed by atoms with E-state index < -0.39 is 0 Å². The summed E-state index contributed by atoms with van der Waals surface area (Å²) in [7, 11) is 0. The molecule has 0 saturated heterocycles. The normalized spacial score (nSPS) is 23.6. The Morgan fingerprint density at radius 3 is 1.93 bits per heavy atom. The highest BCUT2D eigenvalue weighted by molar-refractivity contribution is 4.98. The van der Waals surface area contributed by atoms with E-state index in [2.05, 4.69) is 34.6 Å². The molecule has 84 valence electrons. The Hall–Kier alpha value is 0. The summed E-state index contributed by atoms with van der Waals surface area (Å²) in [4.78, 5) is 0. The van der Waals surface area contributed by atoms with Crippen LogP contribution in [-0.2, 0) is 0 Å². The molecule has 2 atom stereocenters. The third-order valence-electron chi connectivity index (χ3n) is 4.58. The molecule has 1 aliphatic carbocycles. The third-order valence-corrected chi connectivity index (χ3v) is 4.58. The SMILES string of the molecule is CCCC1(C(C)C(CC)C(C)C)CC1. The Morgan fingerprint density at radius 1 is 1.07 bits per heavy atom. The average Bonchev–Trinajstić information content (AvgIpc) is 2.86. The van der Waals surface area contributed by atoms with E-state index in [1.54, 1.807) is 0 Å². The predicted molar refractivity (Wildman–Crippen MR) is 64.4 cm³/mol. The van der Waals surface area contributed by atoms with Crippen LogP contribution < -0.4 is 0 Å². The van der Waals surface area contributed by atoms with Crippen LogP contribution in [0.1, 0.15) is 66.7 Å². The lowest BCUT2D eigenvalue weighted by Crippen LogP contribution is -2.25. The molecule has 14 heavy (non-hydrogen) atoms. The Bertz CT molecular complexity index is 165. The maximum absolute atomic E-state index is 2.51. The molecule has 0 nitrogen and oxygen atoms in total. The van der Waals surface area contributed by atoms with Gasteiger partial charge in [0.15, 0.2) is 0 Å². The highest BCUT2D eigenvalue weighted by Crippen LogP contribution is 2.58. The Kier molecular flexibility index (Phi) is 4.04. The van der Waals surface area contributed by atoms with Gasteiger partial charge in [-0.1, -0.05) is 47.5 Å². The zero-order valence-corrected chi connectivity index (χ0v) is 10.8. The van der Waals surface area contributed by atoms with E-state index in [1.165, 1.54) is 32.1 Å². The molecule has 0 bridgehead atoms. The van der Waals surface area contributed by atoms with E-state index in [9.17, 15) is 0 Å². The zero-order valence-electron chi connectivity index (χ0n) is 10.8. The van der Waals surface area contributed by atoms with E-state index in [-0.39, 0.29) is 0 Å². The molecule has 1 saturated carbocycles. The van der Waals surface area contributed by atoms with Gasteiger partial charge in [0.2, 0.25) is 0 Å². The van der Waals surface area contributed by atoms with Crippen LogP contribution in [0.3, 0.4) is 0 Å². The number of hydrogen-bond donors (Lipinski definition) is 0. The fraction of sp³-hybridized carbons (Fsp3) is 1.00. The van der Waals surface area contributed by atoms with Gasteiger partial charge in [0.05, 0.1) is 0 Å². The summed E-state index contributed by atoms with van der Waals surface area (Å²) in [6, 6.07) is 0. The van der Waals surface area contributed by atoms with Gasteiger partial charge in [-0.3, -0.25) is 0 Å². The van der Waals surface area contributed by atoms with Crippen LogP contribution >= 0.6 is 0 Å². The van der Waals surface area contributed by atoms with Crippen LogP contribution in [0, 0.1) is 23.2 Å². The van der Waals surface area contributed by atoms with Gasteiger partial charge in [0.1, 0.15) is 0 Å². The van der Waals surface area contributed by atoms with Crippen LogP contribution in [0.5, 0.6) is 0 Å². The molecule has 1 fully saturated rings. The maximum atomic E-state index is 2.51. The summed E-state index contributed by atoms with van der Waals surface area (Å²) >= 11 is 0. The van der Waals surface area contributed by atoms with Gasteiger partial charge in [0.25, 0.3) is 0 Å². The van der Waals surface area contributed by atoms with Crippen molar-refractivity contribution in [1.82, 2.24) is 0 Å². The topological polar surface area (TPSA) is 0 Å². The van der Waals surface area contributed by atoms with Crippen LogP contribution in [0.15, 0.2) is 0 Å². The van der Waals surface area contributed by atoms with E-state index in [0.29, 0.717) is 0 Å². The monoisotopic (exact) mass is 196 g/mol. The second-order valence-electron chi connectivity index (χ2n) is 5.72. The summed E-state index contributed by atoms with van der Waals surface area (Å²) in [6.07, 6.45) is 7.22. The predicted octanol–water partition coefficient (Wildman–Crippen LogP) is 4.89. The molecular weight excluding hydrogens is 168 g/mol. The first-order valence-electron chi connectivity index (χ1n) is 6.57. The smallest absolute Gasteiger partial charge is 0.0269 e. The van der Waals surface area contributed by atoms with Crippen molar-refractivity contribution in [2.24, 2.45) is 23.2 Å². The van der Waals surface area contributed by atoms with Crippen molar-refractivity contribution in [3.05, 3.63) is 0 Å². The molecule has 0 radical (unpaired) electrons. The third kappa shape index (κ3) is 2.32. The summed E-state index contributed by atoms with van der Waals surface area (Å²) in [5.74, 6) is 2.76. The van der Waals surface area contributed by atoms with Gasteiger partial charge >= 0.3 is 0 Å². The van der Waals surface area contributed by atoms with Crippen molar-refractivity contribution in [2.45, 2.75) is 66.7 Å². The number of hydrogen-bond acceptors (Lipinski definition) is 0. The summed E-state index contributed by atoms with van der Waals surface area (Å²) in [6.45, 7) is 12.0. The molecule has 0 amide bonds. The fourth-order valence-corrected chi connectivity index (χ4v) is 3.45. The summed E-state index contributed by atoms with van der Waals surface area (Å²) in [5, 5.41) is 0. The second-order valence-corrected chi connectivity index (χ2v) is 5.72. The van der Waals surface area contributed by atoms with Crippen molar-refractivity contribution in [1.29, 1.82) is 0 Å². The standard InChI is InChI=1S/C14H28/c1-6-8-14(9-10-14)12(5)13(7-2)11(3)4/h11-13H,6-10H2,1-5H3. The van der Waals surface area contributed by atoms with E-state index in [4.69, 9.17) is 0 Å². The molecule has 1 rings (SSSR count). The molecule has 0 aromatic rings. The van der Waals surface area contributed by atoms with Crippen LogP contribution in [-0.4, -0.2) is 0 Å². The second kappa shape index (κ2) is 4.68. The molecule has 0 aliphatic heterocycles. The minimum Gasteiger partial charge on any atom is -0.0654 e. The zero-order chi connectivity index (χ0) is 10.8.